The highest BCUT2D eigenvalue weighted by atomic mass is 16.4. The molecule has 0 aromatic carbocycles. The van der Waals surface area contributed by atoms with E-state index in [9.17, 15) is 14.4 Å². The van der Waals surface area contributed by atoms with Gasteiger partial charge >= 0.3 is 11.7 Å². The normalized spacial score (nSPS) is 19.5. The summed E-state index contributed by atoms with van der Waals surface area (Å²) in [6.45, 7) is 1.39. The van der Waals surface area contributed by atoms with Gasteiger partial charge in [-0.15, -0.1) is 0 Å². The molecular formula is C10H13N3O4. The van der Waals surface area contributed by atoms with E-state index in [1.165, 1.54) is 11.6 Å². The Labute approximate surface area is 96.3 Å². The zero-order valence-electron chi connectivity index (χ0n) is 9.34. The zero-order valence-corrected chi connectivity index (χ0v) is 9.34. The van der Waals surface area contributed by atoms with Crippen LogP contribution in [0.5, 0.6) is 0 Å². The lowest BCUT2D eigenvalue weighted by atomic mass is 10.2. The Morgan fingerprint density at radius 3 is 2.76 bits per heavy atom. The predicted octanol–water partition coefficient (Wildman–Crippen LogP) is -1.22. The molecule has 1 aromatic heterocycles. The molecule has 1 fully saturated rings. The topological polar surface area (TPSA) is 93.3 Å². The number of carboxylic acids is 1. The van der Waals surface area contributed by atoms with Gasteiger partial charge in [-0.05, 0) is 13.0 Å². The molecule has 17 heavy (non-hydrogen) atoms. The molecule has 1 saturated heterocycles. The Bertz CT molecular complexity index is 566. The molecule has 1 aliphatic rings. The van der Waals surface area contributed by atoms with Gasteiger partial charge in [0.2, 0.25) is 0 Å². The number of nitrogens with one attached hydrogen (secondary N) is 1. The summed E-state index contributed by atoms with van der Waals surface area (Å²) in [7, 11) is 1.29. The van der Waals surface area contributed by atoms with Crippen molar-refractivity contribution in [3.05, 3.63) is 32.6 Å². The van der Waals surface area contributed by atoms with Crippen molar-refractivity contribution in [2.24, 2.45) is 7.05 Å². The Kier molecular flexibility index (Phi) is 2.84. The molecule has 0 saturated carbocycles. The maximum absolute atomic E-state index is 11.9. The molecule has 7 heteroatoms. The summed E-state index contributed by atoms with van der Waals surface area (Å²) in [5.41, 5.74) is -1.63. The van der Waals surface area contributed by atoms with Crippen molar-refractivity contribution in [3.63, 3.8) is 0 Å². The minimum absolute atomic E-state index is 0.0904. The van der Waals surface area contributed by atoms with Crippen molar-refractivity contribution in [3.8, 4) is 0 Å². The van der Waals surface area contributed by atoms with Gasteiger partial charge in [-0.3, -0.25) is 13.9 Å². The van der Waals surface area contributed by atoms with Crippen LogP contribution >= 0.6 is 0 Å². The third kappa shape index (κ3) is 1.89. The lowest BCUT2D eigenvalue weighted by Gasteiger charge is -2.14. The van der Waals surface area contributed by atoms with E-state index in [2.05, 4.69) is 5.32 Å². The van der Waals surface area contributed by atoms with Crippen molar-refractivity contribution in [2.45, 2.75) is 12.5 Å². The molecule has 1 atom stereocenters. The smallest absolute Gasteiger partial charge is 0.342 e. The first kappa shape index (κ1) is 11.6. The lowest BCUT2D eigenvalue weighted by molar-refractivity contribution is 0.0692. The fraction of sp³-hybridized carbons (Fsp3) is 0.500. The molecule has 0 radical (unpaired) electrons. The molecule has 7 nitrogen and oxygen atoms in total. The summed E-state index contributed by atoms with van der Waals surface area (Å²) in [5, 5.41) is 12.0. The standard InChI is InChI=1S/C10H13N3O4/c1-12-8(14)7(9(15)16)5-13(10(12)17)6-2-3-11-4-6/h5-6,11H,2-4H2,1H3,(H,15,16). The second-order valence-electron chi connectivity index (χ2n) is 4.05. The number of aromatic carboxylic acids is 1. The fourth-order valence-corrected chi connectivity index (χ4v) is 1.98. The second-order valence-corrected chi connectivity index (χ2v) is 4.05. The average Bonchev–Trinajstić information content (AvgIpc) is 2.79. The largest absolute Gasteiger partial charge is 0.477 e. The molecule has 92 valence electrons. The first-order valence-electron chi connectivity index (χ1n) is 5.28. The van der Waals surface area contributed by atoms with Crippen LogP contribution in [0.25, 0.3) is 0 Å². The molecule has 2 heterocycles. The molecule has 1 unspecified atom stereocenters. The van der Waals surface area contributed by atoms with Crippen molar-refractivity contribution in [1.82, 2.24) is 14.5 Å². The molecule has 1 aromatic rings. The minimum atomic E-state index is -1.31. The van der Waals surface area contributed by atoms with Crippen LogP contribution in [0.1, 0.15) is 22.8 Å². The van der Waals surface area contributed by atoms with Gasteiger partial charge in [0.15, 0.2) is 0 Å². The third-order valence-corrected chi connectivity index (χ3v) is 2.97. The third-order valence-electron chi connectivity index (χ3n) is 2.97. The maximum Gasteiger partial charge on any atom is 0.342 e. The maximum atomic E-state index is 11.9. The summed E-state index contributed by atoms with van der Waals surface area (Å²) in [4.78, 5) is 34.3. The van der Waals surface area contributed by atoms with E-state index in [0.717, 1.165) is 23.7 Å². The van der Waals surface area contributed by atoms with Gasteiger partial charge in [0.25, 0.3) is 5.56 Å². The van der Waals surface area contributed by atoms with Crippen LogP contribution in [0, 0.1) is 0 Å². The van der Waals surface area contributed by atoms with Crippen molar-refractivity contribution in [1.29, 1.82) is 0 Å². The highest BCUT2D eigenvalue weighted by Gasteiger charge is 2.21. The molecule has 0 bridgehead atoms. The van der Waals surface area contributed by atoms with Crippen LogP contribution in [0.15, 0.2) is 15.8 Å². The molecule has 2 rings (SSSR count). The molecule has 0 aliphatic carbocycles. The second kappa shape index (κ2) is 4.17. The van der Waals surface area contributed by atoms with Gasteiger partial charge in [0, 0.05) is 19.8 Å². The molecule has 2 N–H and O–H groups in total. The Balaban J connectivity index is 2.63. The van der Waals surface area contributed by atoms with Crippen LogP contribution in [-0.2, 0) is 7.05 Å². The van der Waals surface area contributed by atoms with Crippen LogP contribution in [0.2, 0.25) is 0 Å². The summed E-state index contributed by atoms with van der Waals surface area (Å²) in [6.07, 6.45) is 1.89. The highest BCUT2D eigenvalue weighted by Crippen LogP contribution is 2.12. The summed E-state index contributed by atoms with van der Waals surface area (Å²) < 4.78 is 2.16. The fourth-order valence-electron chi connectivity index (χ4n) is 1.98. The Morgan fingerprint density at radius 1 is 1.53 bits per heavy atom. The number of hydrogen-bond acceptors (Lipinski definition) is 4. The van der Waals surface area contributed by atoms with E-state index < -0.39 is 17.2 Å². The van der Waals surface area contributed by atoms with Gasteiger partial charge in [-0.25, -0.2) is 9.59 Å². The first-order valence-corrected chi connectivity index (χ1v) is 5.28. The summed E-state index contributed by atoms with van der Waals surface area (Å²) in [5.74, 6) is -1.31. The number of nitrogens with zero attached hydrogens (tertiary/aromatic N) is 2. The van der Waals surface area contributed by atoms with Crippen molar-refractivity contribution < 1.29 is 9.90 Å². The predicted molar refractivity (Wildman–Crippen MR) is 59.4 cm³/mol. The highest BCUT2D eigenvalue weighted by molar-refractivity contribution is 5.86. The monoisotopic (exact) mass is 239 g/mol. The van der Waals surface area contributed by atoms with E-state index in [4.69, 9.17) is 5.11 Å². The quantitative estimate of drug-likeness (QED) is 0.674. The van der Waals surface area contributed by atoms with E-state index in [0.29, 0.717) is 6.54 Å². The number of carboxylic acid groups (broad SMARTS) is 1. The van der Waals surface area contributed by atoms with Crippen LogP contribution in [0.3, 0.4) is 0 Å². The van der Waals surface area contributed by atoms with Crippen LogP contribution in [-0.4, -0.2) is 33.3 Å². The first-order chi connectivity index (χ1) is 8.02. The van der Waals surface area contributed by atoms with E-state index in [-0.39, 0.29) is 11.6 Å². The van der Waals surface area contributed by atoms with Gasteiger partial charge in [0.05, 0.1) is 6.04 Å². The van der Waals surface area contributed by atoms with Gasteiger partial charge in [0.1, 0.15) is 5.56 Å². The Morgan fingerprint density at radius 2 is 2.24 bits per heavy atom. The molecule has 0 amide bonds. The number of hydrogen-bond donors (Lipinski definition) is 2. The minimum Gasteiger partial charge on any atom is -0.477 e. The Hall–Kier alpha value is -1.89. The summed E-state index contributed by atoms with van der Waals surface area (Å²) in [6, 6.07) is -0.0904. The SMILES string of the molecule is Cn1c(=O)c(C(=O)O)cn(C2CCNC2)c1=O. The van der Waals surface area contributed by atoms with Crippen LogP contribution < -0.4 is 16.6 Å². The van der Waals surface area contributed by atoms with E-state index >= 15 is 0 Å². The van der Waals surface area contributed by atoms with E-state index in [1.807, 2.05) is 0 Å². The molecular weight excluding hydrogens is 226 g/mol. The van der Waals surface area contributed by atoms with Gasteiger partial charge in [-0.1, -0.05) is 0 Å². The lowest BCUT2D eigenvalue weighted by Crippen LogP contribution is -2.42. The molecule has 0 spiro atoms. The number of rotatable bonds is 2. The van der Waals surface area contributed by atoms with Crippen molar-refractivity contribution >= 4 is 5.97 Å². The van der Waals surface area contributed by atoms with Crippen LogP contribution in [0.4, 0.5) is 0 Å². The zero-order chi connectivity index (χ0) is 12.6. The molecule has 1 aliphatic heterocycles. The van der Waals surface area contributed by atoms with Gasteiger partial charge < -0.3 is 10.4 Å². The number of aromatic nitrogens is 2. The number of carbonyl (C=O) groups is 1. The summed E-state index contributed by atoms with van der Waals surface area (Å²) >= 11 is 0. The van der Waals surface area contributed by atoms with Crippen molar-refractivity contribution in [2.75, 3.05) is 13.1 Å². The van der Waals surface area contributed by atoms with Gasteiger partial charge in [-0.2, -0.15) is 0 Å². The average molecular weight is 239 g/mol. The van der Waals surface area contributed by atoms with E-state index in [1.54, 1.807) is 0 Å².